The summed E-state index contributed by atoms with van der Waals surface area (Å²) in [4.78, 5) is 6.58. The molecule has 0 unspecified atom stereocenters. The lowest BCUT2D eigenvalue weighted by Gasteiger charge is -2.33. The van der Waals surface area contributed by atoms with E-state index in [0.717, 1.165) is 37.9 Å². The maximum Gasteiger partial charge on any atom is 0.250 e. The monoisotopic (exact) mass is 368 g/mol. The highest BCUT2D eigenvalue weighted by molar-refractivity contribution is 5.53. The second kappa shape index (κ2) is 7.84. The first-order chi connectivity index (χ1) is 13.2. The number of hydrogen-bond donors (Lipinski definition) is 0. The molecule has 1 aromatic carbocycles. The van der Waals surface area contributed by atoms with E-state index in [9.17, 15) is 4.39 Å². The van der Waals surface area contributed by atoms with Crippen LogP contribution in [0.4, 0.5) is 4.39 Å². The first-order valence-corrected chi connectivity index (χ1v) is 9.06. The minimum Gasteiger partial charge on any atom is -0.481 e. The van der Waals surface area contributed by atoms with E-state index in [1.165, 1.54) is 6.07 Å². The summed E-state index contributed by atoms with van der Waals surface area (Å²) in [5.41, 5.74) is 1.43. The summed E-state index contributed by atoms with van der Waals surface area (Å²) in [7, 11) is 1.60. The summed E-state index contributed by atoms with van der Waals surface area (Å²) in [6.07, 6.45) is 4.97. The molecule has 1 saturated heterocycles. The highest BCUT2D eigenvalue weighted by atomic mass is 19.1. The van der Waals surface area contributed by atoms with Gasteiger partial charge in [0, 0.05) is 18.8 Å². The van der Waals surface area contributed by atoms with Gasteiger partial charge in [-0.05, 0) is 37.1 Å². The van der Waals surface area contributed by atoms with E-state index < -0.39 is 0 Å². The Morgan fingerprint density at radius 2 is 2.07 bits per heavy atom. The SMILES string of the molecule is COc1ccc(CN2CCCC[C@@H]2c2nnc(-c3ccccc3F)o2)cn1. The number of hydrogen-bond acceptors (Lipinski definition) is 6. The topological polar surface area (TPSA) is 64.3 Å². The number of rotatable bonds is 5. The van der Waals surface area contributed by atoms with E-state index >= 15 is 0 Å². The molecule has 1 aliphatic rings. The maximum absolute atomic E-state index is 14.0. The Kier molecular flexibility index (Phi) is 5.11. The van der Waals surface area contributed by atoms with Gasteiger partial charge in [0.1, 0.15) is 5.82 Å². The Morgan fingerprint density at radius 3 is 2.85 bits per heavy atom. The van der Waals surface area contributed by atoms with E-state index in [0.29, 0.717) is 17.3 Å². The summed E-state index contributed by atoms with van der Waals surface area (Å²) in [6, 6.07) is 10.3. The number of halogens is 1. The van der Waals surface area contributed by atoms with Crippen LogP contribution < -0.4 is 4.74 Å². The fourth-order valence-corrected chi connectivity index (χ4v) is 3.43. The molecule has 1 aliphatic heterocycles. The lowest BCUT2D eigenvalue weighted by atomic mass is 10.0. The van der Waals surface area contributed by atoms with Crippen LogP contribution in [0.2, 0.25) is 0 Å². The standard InChI is InChI=1S/C20H21FN4O2/c1-26-18-10-9-14(12-22-18)13-25-11-5-4-8-17(25)20-24-23-19(27-20)15-6-2-3-7-16(15)21/h2-3,6-7,9-10,12,17H,4-5,8,11,13H2,1H3/t17-/m1/s1. The minimum absolute atomic E-state index is 0.0221. The highest BCUT2D eigenvalue weighted by Gasteiger charge is 2.29. The van der Waals surface area contributed by atoms with Crippen molar-refractivity contribution in [2.24, 2.45) is 0 Å². The average Bonchev–Trinajstić information content (AvgIpc) is 3.19. The number of ether oxygens (including phenoxy) is 1. The van der Waals surface area contributed by atoms with Crippen LogP contribution in [0.1, 0.15) is 36.8 Å². The molecule has 7 heteroatoms. The molecule has 6 nitrogen and oxygen atoms in total. The van der Waals surface area contributed by atoms with Gasteiger partial charge in [-0.1, -0.05) is 24.6 Å². The number of benzene rings is 1. The molecule has 1 fully saturated rings. The van der Waals surface area contributed by atoms with Crippen molar-refractivity contribution in [2.75, 3.05) is 13.7 Å². The molecule has 0 bridgehead atoms. The summed E-state index contributed by atoms with van der Waals surface area (Å²) in [6.45, 7) is 1.67. The zero-order valence-electron chi connectivity index (χ0n) is 15.1. The quantitative estimate of drug-likeness (QED) is 0.678. The number of aromatic nitrogens is 3. The Balaban J connectivity index is 1.55. The van der Waals surface area contributed by atoms with Crippen LogP contribution in [-0.2, 0) is 6.54 Å². The van der Waals surface area contributed by atoms with Crippen LogP contribution in [0.5, 0.6) is 5.88 Å². The predicted molar refractivity (Wildman–Crippen MR) is 97.5 cm³/mol. The van der Waals surface area contributed by atoms with Gasteiger partial charge in [-0.3, -0.25) is 4.90 Å². The molecular weight excluding hydrogens is 347 g/mol. The van der Waals surface area contributed by atoms with Crippen LogP contribution in [0, 0.1) is 5.82 Å². The zero-order chi connectivity index (χ0) is 18.6. The highest BCUT2D eigenvalue weighted by Crippen LogP contribution is 2.33. The zero-order valence-corrected chi connectivity index (χ0v) is 15.1. The van der Waals surface area contributed by atoms with Crippen molar-refractivity contribution in [3.8, 4) is 17.3 Å². The fraction of sp³-hybridized carbons (Fsp3) is 0.350. The third-order valence-corrected chi connectivity index (χ3v) is 4.84. The van der Waals surface area contributed by atoms with Gasteiger partial charge in [0.25, 0.3) is 5.89 Å². The van der Waals surface area contributed by atoms with Crippen molar-refractivity contribution >= 4 is 0 Å². The van der Waals surface area contributed by atoms with Crippen LogP contribution >= 0.6 is 0 Å². The van der Waals surface area contributed by atoms with E-state index in [-0.39, 0.29) is 17.7 Å². The molecule has 2 aromatic heterocycles. The summed E-state index contributed by atoms with van der Waals surface area (Å²) >= 11 is 0. The minimum atomic E-state index is -0.363. The second-order valence-corrected chi connectivity index (χ2v) is 6.62. The Bertz CT molecular complexity index is 897. The van der Waals surface area contributed by atoms with Gasteiger partial charge in [0.15, 0.2) is 0 Å². The Hall–Kier alpha value is -2.80. The van der Waals surface area contributed by atoms with Gasteiger partial charge in [0.2, 0.25) is 11.8 Å². The van der Waals surface area contributed by atoms with Gasteiger partial charge < -0.3 is 9.15 Å². The molecule has 0 amide bonds. The van der Waals surface area contributed by atoms with Crippen LogP contribution in [0.15, 0.2) is 47.0 Å². The Morgan fingerprint density at radius 1 is 1.19 bits per heavy atom. The molecule has 3 aromatic rings. The first-order valence-electron chi connectivity index (χ1n) is 9.06. The van der Waals surface area contributed by atoms with Crippen molar-refractivity contribution in [3.63, 3.8) is 0 Å². The van der Waals surface area contributed by atoms with E-state index in [1.807, 2.05) is 18.3 Å². The van der Waals surface area contributed by atoms with Crippen molar-refractivity contribution in [1.82, 2.24) is 20.1 Å². The lowest BCUT2D eigenvalue weighted by Crippen LogP contribution is -2.33. The van der Waals surface area contributed by atoms with Gasteiger partial charge in [-0.25, -0.2) is 9.37 Å². The fourth-order valence-electron chi connectivity index (χ4n) is 3.43. The molecule has 0 N–H and O–H groups in total. The predicted octanol–water partition coefficient (Wildman–Crippen LogP) is 4.01. The molecular formula is C20H21FN4O2. The molecule has 140 valence electrons. The van der Waals surface area contributed by atoms with Crippen LogP contribution in [0.25, 0.3) is 11.5 Å². The third-order valence-electron chi connectivity index (χ3n) is 4.84. The largest absolute Gasteiger partial charge is 0.481 e. The van der Waals surface area contributed by atoms with Crippen LogP contribution in [0.3, 0.4) is 0 Å². The Labute approximate surface area is 157 Å². The van der Waals surface area contributed by atoms with E-state index in [4.69, 9.17) is 9.15 Å². The number of likely N-dealkylation sites (tertiary alicyclic amines) is 1. The van der Waals surface area contributed by atoms with Gasteiger partial charge in [-0.2, -0.15) is 0 Å². The van der Waals surface area contributed by atoms with Crippen molar-refractivity contribution in [3.05, 3.63) is 59.9 Å². The normalized spacial score (nSPS) is 17.8. The smallest absolute Gasteiger partial charge is 0.250 e. The molecule has 4 rings (SSSR count). The summed E-state index contributed by atoms with van der Waals surface area (Å²) in [5, 5.41) is 8.29. The number of methoxy groups -OCH3 is 1. The first kappa shape index (κ1) is 17.6. The number of nitrogens with zero attached hydrogens (tertiary/aromatic N) is 4. The molecule has 0 radical (unpaired) electrons. The summed E-state index contributed by atoms with van der Waals surface area (Å²) < 4.78 is 25.0. The molecule has 3 heterocycles. The lowest BCUT2D eigenvalue weighted by molar-refractivity contribution is 0.118. The molecule has 0 spiro atoms. The number of piperidine rings is 1. The maximum atomic E-state index is 14.0. The molecule has 1 atom stereocenters. The molecule has 0 aliphatic carbocycles. The van der Waals surface area contributed by atoms with Gasteiger partial charge in [-0.15, -0.1) is 10.2 Å². The third kappa shape index (κ3) is 3.83. The average molecular weight is 368 g/mol. The second-order valence-electron chi connectivity index (χ2n) is 6.62. The van der Waals surface area contributed by atoms with Gasteiger partial charge in [0.05, 0.1) is 18.7 Å². The van der Waals surface area contributed by atoms with Crippen molar-refractivity contribution in [2.45, 2.75) is 31.8 Å². The van der Waals surface area contributed by atoms with Gasteiger partial charge >= 0.3 is 0 Å². The van der Waals surface area contributed by atoms with E-state index in [1.54, 1.807) is 25.3 Å². The van der Waals surface area contributed by atoms with Crippen molar-refractivity contribution < 1.29 is 13.5 Å². The van der Waals surface area contributed by atoms with E-state index in [2.05, 4.69) is 20.1 Å². The van der Waals surface area contributed by atoms with Crippen molar-refractivity contribution in [1.29, 1.82) is 0 Å². The summed E-state index contributed by atoms with van der Waals surface area (Å²) in [5.74, 6) is 0.993. The van der Waals surface area contributed by atoms with Crippen LogP contribution in [-0.4, -0.2) is 33.7 Å². The molecule has 27 heavy (non-hydrogen) atoms. The molecule has 0 saturated carbocycles. The number of pyridine rings is 1.